The van der Waals surface area contributed by atoms with Crippen molar-refractivity contribution in [1.82, 2.24) is 0 Å². The highest BCUT2D eigenvalue weighted by molar-refractivity contribution is 5.94. The van der Waals surface area contributed by atoms with Gasteiger partial charge in [0.05, 0.1) is 6.61 Å². The highest BCUT2D eigenvalue weighted by Crippen LogP contribution is 2.30. The van der Waals surface area contributed by atoms with Crippen molar-refractivity contribution < 1.29 is 9.90 Å². The Labute approximate surface area is 136 Å². The Balaban J connectivity index is 1.64. The van der Waals surface area contributed by atoms with Gasteiger partial charge in [0.1, 0.15) is 0 Å². The average Bonchev–Trinajstić information content (AvgIpc) is 3.41. The topological polar surface area (TPSA) is 61.4 Å². The second kappa shape index (κ2) is 6.84. The zero-order chi connectivity index (χ0) is 16.2. The van der Waals surface area contributed by atoms with Crippen LogP contribution in [0.2, 0.25) is 0 Å². The number of nitrogens with one attached hydrogen (secondary N) is 2. The van der Waals surface area contributed by atoms with Crippen LogP contribution in [0.25, 0.3) is 0 Å². The first-order valence-electron chi connectivity index (χ1n) is 8.00. The number of carbonyl (C=O) groups excluding carboxylic acids is 1. The number of aliphatic hydroxyl groups is 1. The minimum atomic E-state index is 0.0650. The predicted molar refractivity (Wildman–Crippen MR) is 92.2 cm³/mol. The largest absolute Gasteiger partial charge is 0.392 e. The third kappa shape index (κ3) is 4.11. The molecule has 3 rings (SSSR count). The van der Waals surface area contributed by atoms with Gasteiger partial charge in [-0.1, -0.05) is 30.3 Å². The van der Waals surface area contributed by atoms with Crippen LogP contribution < -0.4 is 10.6 Å². The summed E-state index contributed by atoms with van der Waals surface area (Å²) in [5.41, 5.74) is 5.06. The van der Waals surface area contributed by atoms with Crippen molar-refractivity contribution in [2.45, 2.75) is 32.9 Å². The number of anilines is 2. The van der Waals surface area contributed by atoms with E-state index >= 15 is 0 Å². The first-order chi connectivity index (χ1) is 11.2. The molecule has 0 unspecified atom stereocenters. The number of benzene rings is 2. The van der Waals surface area contributed by atoms with E-state index in [0.29, 0.717) is 6.54 Å². The van der Waals surface area contributed by atoms with Crippen molar-refractivity contribution in [3.05, 3.63) is 59.2 Å². The van der Waals surface area contributed by atoms with E-state index < -0.39 is 0 Å². The zero-order valence-electron chi connectivity index (χ0n) is 13.3. The van der Waals surface area contributed by atoms with Crippen molar-refractivity contribution in [2.75, 3.05) is 10.6 Å². The van der Waals surface area contributed by atoms with E-state index in [0.717, 1.165) is 40.9 Å². The first kappa shape index (κ1) is 15.6. The summed E-state index contributed by atoms with van der Waals surface area (Å²) in [7, 11) is 0. The number of hydrogen-bond acceptors (Lipinski definition) is 3. The van der Waals surface area contributed by atoms with Gasteiger partial charge in [0.2, 0.25) is 5.91 Å². The Morgan fingerprint density at radius 1 is 1.13 bits per heavy atom. The molecule has 23 heavy (non-hydrogen) atoms. The number of hydrogen-bond donors (Lipinski definition) is 3. The van der Waals surface area contributed by atoms with E-state index in [9.17, 15) is 4.79 Å². The molecule has 2 aromatic carbocycles. The van der Waals surface area contributed by atoms with Crippen LogP contribution in [0.3, 0.4) is 0 Å². The molecule has 1 aliphatic rings. The lowest BCUT2D eigenvalue weighted by Gasteiger charge is -2.13. The van der Waals surface area contributed by atoms with Gasteiger partial charge >= 0.3 is 0 Å². The van der Waals surface area contributed by atoms with Crippen molar-refractivity contribution in [3.8, 4) is 0 Å². The third-order valence-corrected chi connectivity index (χ3v) is 4.14. The maximum Gasteiger partial charge on any atom is 0.227 e. The second-order valence-electron chi connectivity index (χ2n) is 6.12. The lowest BCUT2D eigenvalue weighted by molar-refractivity contribution is -0.117. The molecule has 0 saturated heterocycles. The Morgan fingerprint density at radius 2 is 1.83 bits per heavy atom. The zero-order valence-corrected chi connectivity index (χ0v) is 13.3. The van der Waals surface area contributed by atoms with E-state index in [2.05, 4.69) is 10.6 Å². The fourth-order valence-electron chi connectivity index (χ4n) is 2.44. The van der Waals surface area contributed by atoms with E-state index in [1.54, 1.807) is 0 Å². The first-order valence-corrected chi connectivity index (χ1v) is 8.00. The molecule has 0 bridgehead atoms. The maximum atomic E-state index is 11.9. The molecular weight excluding hydrogens is 288 g/mol. The van der Waals surface area contributed by atoms with Crippen molar-refractivity contribution in [2.24, 2.45) is 5.92 Å². The SMILES string of the molecule is Cc1ccc(NC(=O)C2CC2)cc1NCc1ccc(CO)cc1. The summed E-state index contributed by atoms with van der Waals surface area (Å²) in [5, 5.41) is 15.5. The Hall–Kier alpha value is -2.33. The van der Waals surface area contributed by atoms with Gasteiger partial charge in [0, 0.05) is 23.8 Å². The van der Waals surface area contributed by atoms with Crippen LogP contribution in [-0.2, 0) is 17.9 Å². The summed E-state index contributed by atoms with van der Waals surface area (Å²) >= 11 is 0. The van der Waals surface area contributed by atoms with Gasteiger partial charge in [-0.15, -0.1) is 0 Å². The molecular formula is C19H22N2O2. The third-order valence-electron chi connectivity index (χ3n) is 4.14. The van der Waals surface area contributed by atoms with Gasteiger partial charge in [-0.3, -0.25) is 4.79 Å². The second-order valence-corrected chi connectivity index (χ2v) is 6.12. The molecule has 0 radical (unpaired) electrons. The molecule has 1 saturated carbocycles. The molecule has 0 atom stereocenters. The van der Waals surface area contributed by atoms with E-state index in [-0.39, 0.29) is 18.4 Å². The van der Waals surface area contributed by atoms with Crippen molar-refractivity contribution in [1.29, 1.82) is 0 Å². The fourth-order valence-corrected chi connectivity index (χ4v) is 2.44. The monoisotopic (exact) mass is 310 g/mol. The van der Waals surface area contributed by atoms with Crippen molar-refractivity contribution in [3.63, 3.8) is 0 Å². The van der Waals surface area contributed by atoms with Crippen LogP contribution in [-0.4, -0.2) is 11.0 Å². The number of rotatable bonds is 6. The van der Waals surface area contributed by atoms with Crippen LogP contribution in [0, 0.1) is 12.8 Å². The number of carbonyl (C=O) groups is 1. The van der Waals surface area contributed by atoms with Gasteiger partial charge in [-0.05, 0) is 48.6 Å². The molecule has 1 amide bonds. The molecule has 120 valence electrons. The van der Waals surface area contributed by atoms with Crippen LogP contribution in [0.15, 0.2) is 42.5 Å². The number of aryl methyl sites for hydroxylation is 1. The van der Waals surface area contributed by atoms with E-state index in [1.165, 1.54) is 0 Å². The number of aliphatic hydroxyl groups excluding tert-OH is 1. The minimum Gasteiger partial charge on any atom is -0.392 e. The van der Waals surface area contributed by atoms with Gasteiger partial charge < -0.3 is 15.7 Å². The van der Waals surface area contributed by atoms with Gasteiger partial charge in [-0.2, -0.15) is 0 Å². The molecule has 0 spiro atoms. The quantitative estimate of drug-likeness (QED) is 0.766. The minimum absolute atomic E-state index is 0.0650. The smallest absolute Gasteiger partial charge is 0.227 e. The molecule has 1 fully saturated rings. The average molecular weight is 310 g/mol. The normalized spacial score (nSPS) is 13.7. The summed E-state index contributed by atoms with van der Waals surface area (Å²) in [4.78, 5) is 11.9. The van der Waals surface area contributed by atoms with Gasteiger partial charge in [0.25, 0.3) is 0 Å². The van der Waals surface area contributed by atoms with Crippen LogP contribution >= 0.6 is 0 Å². The summed E-state index contributed by atoms with van der Waals surface area (Å²) in [5.74, 6) is 0.331. The van der Waals surface area contributed by atoms with Crippen molar-refractivity contribution >= 4 is 17.3 Å². The molecule has 2 aromatic rings. The lowest BCUT2D eigenvalue weighted by atomic mass is 10.1. The lowest BCUT2D eigenvalue weighted by Crippen LogP contribution is -2.13. The molecule has 3 N–H and O–H groups in total. The predicted octanol–water partition coefficient (Wildman–Crippen LogP) is 3.45. The Bertz CT molecular complexity index is 691. The van der Waals surface area contributed by atoms with Gasteiger partial charge in [-0.25, -0.2) is 0 Å². The number of amides is 1. The molecule has 4 heteroatoms. The fraction of sp³-hybridized carbons (Fsp3) is 0.316. The summed E-state index contributed by atoms with van der Waals surface area (Å²) in [6.45, 7) is 2.81. The highest BCUT2D eigenvalue weighted by atomic mass is 16.3. The van der Waals surface area contributed by atoms with E-state index in [1.807, 2.05) is 49.4 Å². The van der Waals surface area contributed by atoms with E-state index in [4.69, 9.17) is 5.11 Å². The van der Waals surface area contributed by atoms with Crippen LogP contribution in [0.5, 0.6) is 0 Å². The Morgan fingerprint density at radius 3 is 2.48 bits per heavy atom. The van der Waals surface area contributed by atoms with Gasteiger partial charge in [0.15, 0.2) is 0 Å². The maximum absolute atomic E-state index is 11.9. The standard InChI is InChI=1S/C19H22N2O2/c1-13-2-9-17(21-19(23)16-7-8-16)10-18(13)20-11-14-3-5-15(12-22)6-4-14/h2-6,9-10,16,20,22H,7-8,11-12H2,1H3,(H,21,23). The van der Waals surface area contributed by atoms with Crippen LogP contribution in [0.1, 0.15) is 29.5 Å². The molecule has 0 aromatic heterocycles. The summed E-state index contributed by atoms with van der Waals surface area (Å²) < 4.78 is 0. The highest BCUT2D eigenvalue weighted by Gasteiger charge is 2.29. The summed E-state index contributed by atoms with van der Waals surface area (Å²) in [6.07, 6.45) is 2.01. The molecule has 4 nitrogen and oxygen atoms in total. The van der Waals surface area contributed by atoms with Crippen LogP contribution in [0.4, 0.5) is 11.4 Å². The molecule has 1 aliphatic carbocycles. The summed E-state index contributed by atoms with van der Waals surface area (Å²) in [6, 6.07) is 13.8. The Kier molecular flexibility index (Phi) is 4.63. The molecule has 0 aliphatic heterocycles. The molecule has 0 heterocycles.